The van der Waals surface area contributed by atoms with E-state index in [2.05, 4.69) is 10.6 Å². The quantitative estimate of drug-likeness (QED) is 0.688. The molecule has 92 valence electrons. The van der Waals surface area contributed by atoms with E-state index >= 15 is 0 Å². The van der Waals surface area contributed by atoms with Crippen molar-refractivity contribution in [1.82, 2.24) is 0 Å². The lowest BCUT2D eigenvalue weighted by Crippen LogP contribution is -2.11. The smallest absolute Gasteiger partial charge is 0.221 e. The number of hydrogen-bond acceptors (Lipinski definition) is 4. The molecule has 1 rings (SSSR count). The minimum absolute atomic E-state index is 0.227. The predicted molar refractivity (Wildman–Crippen MR) is 66.0 cm³/mol. The van der Waals surface area contributed by atoms with E-state index in [-0.39, 0.29) is 11.8 Å². The first-order chi connectivity index (χ1) is 7.93. The van der Waals surface area contributed by atoms with Gasteiger partial charge in [0, 0.05) is 19.9 Å². The highest BCUT2D eigenvalue weighted by atomic mass is 16.5. The number of hydrogen-bond donors (Lipinski definition) is 3. The van der Waals surface area contributed by atoms with Crippen LogP contribution in [0.15, 0.2) is 12.1 Å². The van der Waals surface area contributed by atoms with Gasteiger partial charge in [0.15, 0.2) is 0 Å². The SMILES string of the molecule is COc1cc(NC(C)=O)c(N)cc1NC(C)=O. The summed E-state index contributed by atoms with van der Waals surface area (Å²) in [5, 5.41) is 5.16. The van der Waals surface area contributed by atoms with Crippen molar-refractivity contribution in [3.8, 4) is 5.75 Å². The molecule has 0 saturated carbocycles. The maximum Gasteiger partial charge on any atom is 0.221 e. The highest BCUT2D eigenvalue weighted by Crippen LogP contribution is 2.33. The molecule has 6 heteroatoms. The molecule has 1 aromatic carbocycles. The molecule has 4 N–H and O–H groups in total. The third kappa shape index (κ3) is 3.37. The highest BCUT2D eigenvalue weighted by Gasteiger charge is 2.10. The molecule has 0 bridgehead atoms. The molecule has 0 aliphatic carbocycles. The minimum atomic E-state index is -0.231. The zero-order chi connectivity index (χ0) is 13.0. The first-order valence-electron chi connectivity index (χ1n) is 4.96. The second kappa shape index (κ2) is 5.20. The number of nitrogens with two attached hydrogens (primary N) is 1. The summed E-state index contributed by atoms with van der Waals surface area (Å²) in [6.07, 6.45) is 0. The number of carbonyl (C=O) groups is 2. The standard InChI is InChI=1S/C11H15N3O3/c1-6(15)13-9-5-11(17-3)10(4-8(9)12)14-7(2)16/h4-5H,12H2,1-3H3,(H,13,15)(H,14,16). The molecule has 2 amide bonds. The fourth-order valence-electron chi connectivity index (χ4n) is 1.35. The molecule has 0 spiro atoms. The molecular formula is C11H15N3O3. The fraction of sp³-hybridized carbons (Fsp3) is 0.273. The van der Waals surface area contributed by atoms with Gasteiger partial charge in [0.2, 0.25) is 11.8 Å². The molecule has 0 unspecified atom stereocenters. The molecule has 0 aliphatic rings. The van der Waals surface area contributed by atoms with Crippen molar-refractivity contribution in [3.05, 3.63) is 12.1 Å². The Morgan fingerprint density at radius 1 is 1.12 bits per heavy atom. The number of nitrogens with one attached hydrogen (secondary N) is 2. The van der Waals surface area contributed by atoms with Crippen LogP contribution in [0.1, 0.15) is 13.8 Å². The average Bonchev–Trinajstić information content (AvgIpc) is 2.20. The Morgan fingerprint density at radius 3 is 2.12 bits per heavy atom. The van der Waals surface area contributed by atoms with Crippen LogP contribution in [-0.2, 0) is 9.59 Å². The predicted octanol–water partition coefficient (Wildman–Crippen LogP) is 1.19. The number of amides is 2. The van der Waals surface area contributed by atoms with Gasteiger partial charge in [0.05, 0.1) is 24.2 Å². The summed E-state index contributed by atoms with van der Waals surface area (Å²) in [6, 6.07) is 3.09. The van der Waals surface area contributed by atoms with Gasteiger partial charge in [0.25, 0.3) is 0 Å². The van der Waals surface area contributed by atoms with E-state index in [1.807, 2.05) is 0 Å². The number of carbonyl (C=O) groups excluding carboxylic acids is 2. The first kappa shape index (κ1) is 12.8. The van der Waals surface area contributed by atoms with Crippen LogP contribution in [0.25, 0.3) is 0 Å². The molecule has 1 aromatic rings. The van der Waals surface area contributed by atoms with Crippen LogP contribution < -0.4 is 21.1 Å². The molecule has 17 heavy (non-hydrogen) atoms. The number of rotatable bonds is 3. The summed E-state index contributed by atoms with van der Waals surface area (Å²) < 4.78 is 5.10. The summed E-state index contributed by atoms with van der Waals surface area (Å²) in [5.41, 5.74) is 7.01. The van der Waals surface area contributed by atoms with E-state index in [9.17, 15) is 9.59 Å². The molecule has 0 fully saturated rings. The summed E-state index contributed by atoms with van der Waals surface area (Å²) in [6.45, 7) is 2.77. The Kier molecular flexibility index (Phi) is 3.92. The molecule has 0 atom stereocenters. The third-order valence-electron chi connectivity index (χ3n) is 1.99. The fourth-order valence-corrected chi connectivity index (χ4v) is 1.35. The maximum absolute atomic E-state index is 11.0. The van der Waals surface area contributed by atoms with Gasteiger partial charge in [0.1, 0.15) is 5.75 Å². The maximum atomic E-state index is 11.0. The van der Waals surface area contributed by atoms with Gasteiger partial charge >= 0.3 is 0 Å². The number of benzene rings is 1. The van der Waals surface area contributed by atoms with Gasteiger partial charge < -0.3 is 21.1 Å². The van der Waals surface area contributed by atoms with Crippen LogP contribution in [0.5, 0.6) is 5.75 Å². The van der Waals surface area contributed by atoms with E-state index < -0.39 is 0 Å². The monoisotopic (exact) mass is 237 g/mol. The van der Waals surface area contributed by atoms with Crippen LogP contribution in [-0.4, -0.2) is 18.9 Å². The van der Waals surface area contributed by atoms with Gasteiger partial charge in [-0.1, -0.05) is 0 Å². The normalized spacial score (nSPS) is 9.59. The lowest BCUT2D eigenvalue weighted by Gasteiger charge is -2.13. The third-order valence-corrected chi connectivity index (χ3v) is 1.99. The second-order valence-electron chi connectivity index (χ2n) is 3.50. The van der Waals surface area contributed by atoms with Gasteiger partial charge in [-0.3, -0.25) is 9.59 Å². The Morgan fingerprint density at radius 2 is 1.65 bits per heavy atom. The Balaban J connectivity index is 3.14. The lowest BCUT2D eigenvalue weighted by molar-refractivity contribution is -0.115. The van der Waals surface area contributed by atoms with Crippen molar-refractivity contribution in [2.24, 2.45) is 0 Å². The molecule has 0 saturated heterocycles. The van der Waals surface area contributed by atoms with Crippen LogP contribution in [0, 0.1) is 0 Å². The van der Waals surface area contributed by atoms with Gasteiger partial charge in [-0.15, -0.1) is 0 Å². The molecule has 0 aliphatic heterocycles. The van der Waals surface area contributed by atoms with Gasteiger partial charge in [-0.05, 0) is 6.07 Å². The van der Waals surface area contributed by atoms with Gasteiger partial charge in [-0.2, -0.15) is 0 Å². The van der Waals surface area contributed by atoms with Gasteiger partial charge in [-0.25, -0.2) is 0 Å². The molecule has 0 aromatic heterocycles. The number of anilines is 3. The minimum Gasteiger partial charge on any atom is -0.494 e. The Labute approximate surface area is 99.1 Å². The largest absolute Gasteiger partial charge is 0.494 e. The molecular weight excluding hydrogens is 222 g/mol. The molecule has 6 nitrogen and oxygen atoms in total. The lowest BCUT2D eigenvalue weighted by atomic mass is 10.2. The summed E-state index contributed by atoms with van der Waals surface area (Å²) in [4.78, 5) is 21.9. The van der Waals surface area contributed by atoms with Crippen molar-refractivity contribution in [3.63, 3.8) is 0 Å². The summed E-state index contributed by atoms with van der Waals surface area (Å²) in [5.74, 6) is -0.0286. The number of ether oxygens (including phenoxy) is 1. The van der Waals surface area contributed by atoms with Crippen molar-refractivity contribution >= 4 is 28.9 Å². The van der Waals surface area contributed by atoms with E-state index in [1.54, 1.807) is 6.07 Å². The van der Waals surface area contributed by atoms with Crippen LogP contribution >= 0.6 is 0 Å². The number of methoxy groups -OCH3 is 1. The van der Waals surface area contributed by atoms with Crippen LogP contribution in [0.2, 0.25) is 0 Å². The van der Waals surface area contributed by atoms with Crippen molar-refractivity contribution in [1.29, 1.82) is 0 Å². The van der Waals surface area contributed by atoms with E-state index in [0.29, 0.717) is 22.8 Å². The Hall–Kier alpha value is -2.24. The first-order valence-corrected chi connectivity index (χ1v) is 4.96. The number of nitrogen functional groups attached to an aromatic ring is 1. The van der Waals surface area contributed by atoms with E-state index in [1.165, 1.54) is 27.0 Å². The van der Waals surface area contributed by atoms with Crippen molar-refractivity contribution < 1.29 is 14.3 Å². The highest BCUT2D eigenvalue weighted by molar-refractivity contribution is 5.96. The average molecular weight is 237 g/mol. The van der Waals surface area contributed by atoms with Crippen molar-refractivity contribution in [2.75, 3.05) is 23.5 Å². The second-order valence-corrected chi connectivity index (χ2v) is 3.50. The van der Waals surface area contributed by atoms with Crippen molar-refractivity contribution in [2.45, 2.75) is 13.8 Å². The molecule has 0 heterocycles. The van der Waals surface area contributed by atoms with Crippen LogP contribution in [0.4, 0.5) is 17.1 Å². The summed E-state index contributed by atoms with van der Waals surface area (Å²) >= 11 is 0. The molecule has 0 radical (unpaired) electrons. The zero-order valence-electron chi connectivity index (χ0n) is 9.96. The van der Waals surface area contributed by atoms with Crippen LogP contribution in [0.3, 0.4) is 0 Å². The Bertz CT molecular complexity index is 458. The topological polar surface area (TPSA) is 93.4 Å². The zero-order valence-corrected chi connectivity index (χ0v) is 9.96. The van der Waals surface area contributed by atoms with E-state index in [4.69, 9.17) is 10.5 Å². The van der Waals surface area contributed by atoms with E-state index in [0.717, 1.165) is 0 Å². The summed E-state index contributed by atoms with van der Waals surface area (Å²) in [7, 11) is 1.47.